The van der Waals surface area contributed by atoms with E-state index in [1.165, 1.54) is 12.3 Å². The van der Waals surface area contributed by atoms with Crippen LogP contribution in [-0.4, -0.2) is 18.3 Å². The number of aromatic nitrogens is 1. The van der Waals surface area contributed by atoms with Gasteiger partial charge in [0.25, 0.3) is 15.7 Å². The number of halogens is 2. The Balaban J connectivity index is 2.38. The van der Waals surface area contributed by atoms with E-state index in [1.807, 2.05) is 0 Å². The summed E-state index contributed by atoms with van der Waals surface area (Å²) in [6, 6.07) is 6.22. The number of nitro groups is 1. The lowest BCUT2D eigenvalue weighted by atomic mass is 10.3. The topological polar surface area (TPSA) is 102 Å². The summed E-state index contributed by atoms with van der Waals surface area (Å²) in [6.45, 7) is 0. The van der Waals surface area contributed by atoms with E-state index >= 15 is 0 Å². The Morgan fingerprint density at radius 2 is 2.00 bits per heavy atom. The number of nitro benzene ring substituents is 1. The van der Waals surface area contributed by atoms with E-state index in [2.05, 4.69) is 25.6 Å². The Morgan fingerprint density at radius 3 is 2.57 bits per heavy atom. The largest absolute Gasteiger partial charge is 0.271 e. The average Bonchev–Trinajstić information content (AvgIpc) is 2.37. The molecule has 1 aromatic carbocycles. The Kier molecular flexibility index (Phi) is 4.45. The Labute approximate surface area is 133 Å². The quantitative estimate of drug-likeness (QED) is 0.636. The Bertz CT molecular complexity index is 813. The van der Waals surface area contributed by atoms with Gasteiger partial charge in [0.15, 0.2) is 0 Å². The van der Waals surface area contributed by atoms with Crippen LogP contribution in [0.25, 0.3) is 0 Å². The second-order valence-corrected chi connectivity index (χ2v) is 6.81. The Morgan fingerprint density at radius 1 is 1.29 bits per heavy atom. The van der Waals surface area contributed by atoms with Crippen LogP contribution in [0, 0.1) is 10.1 Å². The van der Waals surface area contributed by atoms with Crippen molar-refractivity contribution in [2.75, 3.05) is 4.72 Å². The zero-order valence-corrected chi connectivity index (χ0v) is 13.3. The van der Waals surface area contributed by atoms with Crippen molar-refractivity contribution < 1.29 is 13.3 Å². The molecule has 1 heterocycles. The van der Waals surface area contributed by atoms with Gasteiger partial charge in [-0.25, -0.2) is 13.4 Å². The van der Waals surface area contributed by atoms with Gasteiger partial charge in [0.05, 0.1) is 9.95 Å². The number of nitrogens with zero attached hydrogens (tertiary/aromatic N) is 2. The van der Waals surface area contributed by atoms with Crippen molar-refractivity contribution in [2.24, 2.45) is 0 Å². The second kappa shape index (κ2) is 5.96. The number of hydrogen-bond donors (Lipinski definition) is 1. The van der Waals surface area contributed by atoms with Gasteiger partial charge < -0.3 is 0 Å². The number of benzene rings is 1. The molecule has 21 heavy (non-hydrogen) atoms. The van der Waals surface area contributed by atoms with E-state index in [1.54, 1.807) is 6.07 Å². The zero-order valence-electron chi connectivity index (χ0n) is 10.2. The van der Waals surface area contributed by atoms with E-state index in [0.29, 0.717) is 4.47 Å². The Hall–Kier alpha value is -1.71. The minimum Gasteiger partial charge on any atom is -0.263 e. The highest BCUT2D eigenvalue weighted by atomic mass is 79.9. The van der Waals surface area contributed by atoms with Crippen LogP contribution in [0.15, 0.2) is 45.9 Å². The van der Waals surface area contributed by atoms with Crippen LogP contribution in [-0.2, 0) is 10.0 Å². The molecule has 0 saturated carbocycles. The summed E-state index contributed by atoms with van der Waals surface area (Å²) in [7, 11) is -3.99. The SMILES string of the molecule is O=[N+]([O-])c1ccc(S(=O)(=O)Nc2cc(Br)ccn2)c(Cl)c1. The normalized spacial score (nSPS) is 11.1. The van der Waals surface area contributed by atoms with Crippen molar-refractivity contribution in [3.8, 4) is 0 Å². The van der Waals surface area contributed by atoms with Gasteiger partial charge in [-0.2, -0.15) is 0 Å². The number of pyridine rings is 1. The van der Waals surface area contributed by atoms with Crippen LogP contribution in [0.3, 0.4) is 0 Å². The molecule has 0 aliphatic heterocycles. The smallest absolute Gasteiger partial charge is 0.263 e. The minimum absolute atomic E-state index is 0.0961. The second-order valence-electron chi connectivity index (χ2n) is 3.84. The maximum atomic E-state index is 12.2. The summed E-state index contributed by atoms with van der Waals surface area (Å²) in [5.41, 5.74) is -0.292. The molecule has 2 rings (SSSR count). The van der Waals surface area contributed by atoms with Crippen molar-refractivity contribution in [2.45, 2.75) is 4.90 Å². The highest BCUT2D eigenvalue weighted by molar-refractivity contribution is 9.10. The fourth-order valence-corrected chi connectivity index (χ4v) is 3.35. The molecule has 0 spiro atoms. The molecule has 7 nitrogen and oxygen atoms in total. The van der Waals surface area contributed by atoms with Crippen molar-refractivity contribution in [3.63, 3.8) is 0 Å². The third-order valence-electron chi connectivity index (χ3n) is 2.38. The first kappa shape index (κ1) is 15.7. The molecule has 0 amide bonds. The maximum Gasteiger partial charge on any atom is 0.271 e. The number of anilines is 1. The standard InChI is InChI=1S/C11H7BrClN3O4S/c12-7-3-4-14-11(5-7)15-21(19,20)10-2-1-8(16(17)18)6-9(10)13/h1-6H,(H,14,15). The van der Waals surface area contributed by atoms with Gasteiger partial charge in [0.1, 0.15) is 10.7 Å². The number of hydrogen-bond acceptors (Lipinski definition) is 5. The number of nitrogens with one attached hydrogen (secondary N) is 1. The van der Waals surface area contributed by atoms with Gasteiger partial charge in [-0.15, -0.1) is 0 Å². The molecule has 110 valence electrons. The molecule has 0 radical (unpaired) electrons. The van der Waals surface area contributed by atoms with Gasteiger partial charge in [-0.1, -0.05) is 27.5 Å². The molecule has 0 fully saturated rings. The summed E-state index contributed by atoms with van der Waals surface area (Å²) >= 11 is 8.99. The first-order valence-electron chi connectivity index (χ1n) is 5.38. The number of sulfonamides is 1. The van der Waals surface area contributed by atoms with Crippen molar-refractivity contribution >= 4 is 49.1 Å². The molecule has 0 aliphatic carbocycles. The fourth-order valence-electron chi connectivity index (χ4n) is 1.47. The lowest BCUT2D eigenvalue weighted by Gasteiger charge is -2.08. The van der Waals surface area contributed by atoms with Gasteiger partial charge in [0, 0.05) is 22.8 Å². The summed E-state index contributed by atoms with van der Waals surface area (Å²) in [5, 5.41) is 10.4. The van der Waals surface area contributed by atoms with Crippen LogP contribution in [0.5, 0.6) is 0 Å². The fraction of sp³-hybridized carbons (Fsp3) is 0. The van der Waals surface area contributed by atoms with E-state index in [4.69, 9.17) is 11.6 Å². The van der Waals surface area contributed by atoms with E-state index in [0.717, 1.165) is 18.2 Å². The molecule has 0 aliphatic rings. The van der Waals surface area contributed by atoms with E-state index in [9.17, 15) is 18.5 Å². The van der Waals surface area contributed by atoms with Gasteiger partial charge >= 0.3 is 0 Å². The maximum absolute atomic E-state index is 12.2. The molecule has 2 aromatic rings. The molecule has 10 heteroatoms. The van der Waals surface area contributed by atoms with Crippen molar-refractivity contribution in [1.29, 1.82) is 0 Å². The van der Waals surface area contributed by atoms with E-state index in [-0.39, 0.29) is 21.4 Å². The summed E-state index contributed by atoms with van der Waals surface area (Å²) in [6.07, 6.45) is 1.42. The summed E-state index contributed by atoms with van der Waals surface area (Å²) < 4.78 is 27.3. The first-order chi connectivity index (χ1) is 9.79. The molecule has 1 aromatic heterocycles. The third kappa shape index (κ3) is 3.69. The molecule has 0 unspecified atom stereocenters. The molecule has 0 atom stereocenters. The number of non-ortho nitro benzene ring substituents is 1. The minimum atomic E-state index is -3.99. The molecule has 1 N–H and O–H groups in total. The van der Waals surface area contributed by atoms with Gasteiger partial charge in [0.2, 0.25) is 0 Å². The lowest BCUT2D eigenvalue weighted by molar-refractivity contribution is -0.384. The highest BCUT2D eigenvalue weighted by Gasteiger charge is 2.21. The predicted octanol–water partition coefficient (Wildman–Crippen LogP) is 3.21. The van der Waals surface area contributed by atoms with Crippen LogP contribution in [0.2, 0.25) is 5.02 Å². The zero-order chi connectivity index (χ0) is 15.6. The van der Waals surface area contributed by atoms with Gasteiger partial charge in [-0.3, -0.25) is 14.8 Å². The summed E-state index contributed by atoms with van der Waals surface area (Å²) in [5.74, 6) is 0.0961. The molecule has 0 saturated heterocycles. The molecular weight excluding hydrogens is 386 g/mol. The lowest BCUT2D eigenvalue weighted by Crippen LogP contribution is -2.14. The van der Waals surface area contributed by atoms with Crippen LogP contribution >= 0.6 is 27.5 Å². The van der Waals surface area contributed by atoms with Crippen LogP contribution in [0.1, 0.15) is 0 Å². The first-order valence-corrected chi connectivity index (χ1v) is 8.03. The molecular formula is C11H7BrClN3O4S. The van der Waals surface area contributed by atoms with Crippen molar-refractivity contribution in [1.82, 2.24) is 4.98 Å². The third-order valence-corrected chi connectivity index (χ3v) is 4.71. The van der Waals surface area contributed by atoms with Crippen LogP contribution in [0.4, 0.5) is 11.5 Å². The molecule has 0 bridgehead atoms. The summed E-state index contributed by atoms with van der Waals surface area (Å²) in [4.78, 5) is 13.5. The highest BCUT2D eigenvalue weighted by Crippen LogP contribution is 2.27. The number of rotatable bonds is 4. The monoisotopic (exact) mass is 391 g/mol. The predicted molar refractivity (Wildman–Crippen MR) is 80.9 cm³/mol. The average molecular weight is 393 g/mol. The van der Waals surface area contributed by atoms with Crippen LogP contribution < -0.4 is 4.72 Å². The van der Waals surface area contributed by atoms with Crippen molar-refractivity contribution in [3.05, 3.63) is 56.1 Å². The van der Waals surface area contributed by atoms with E-state index < -0.39 is 14.9 Å². The van der Waals surface area contributed by atoms with Gasteiger partial charge in [-0.05, 0) is 18.2 Å².